The average molecular weight is 501 g/mol. The van der Waals surface area contributed by atoms with E-state index in [1.807, 2.05) is 24.0 Å². The summed E-state index contributed by atoms with van der Waals surface area (Å²) in [6.45, 7) is 2.98. The average Bonchev–Trinajstić information content (AvgIpc) is 3.27. The molecule has 3 atom stereocenters. The van der Waals surface area contributed by atoms with Gasteiger partial charge in [-0.25, -0.2) is 4.98 Å². The maximum Gasteiger partial charge on any atom is 0.253 e. The Morgan fingerprint density at radius 3 is 2.48 bits per heavy atom. The van der Waals surface area contributed by atoms with Crippen LogP contribution >= 0.6 is 34.8 Å². The molecule has 5 nitrogen and oxygen atoms in total. The van der Waals surface area contributed by atoms with E-state index in [0.717, 1.165) is 5.56 Å². The summed E-state index contributed by atoms with van der Waals surface area (Å²) in [5, 5.41) is 10.5. The highest BCUT2D eigenvalue weighted by atomic mass is 35.5. The first-order chi connectivity index (χ1) is 15.9. The number of benzene rings is 2. The van der Waals surface area contributed by atoms with Gasteiger partial charge in [0.05, 0.1) is 26.7 Å². The maximum absolute atomic E-state index is 13.2. The van der Waals surface area contributed by atoms with Crippen molar-refractivity contribution in [1.29, 1.82) is 5.26 Å². The number of halogens is 3. The standard InChI is InChI=1S/C25H20Cl3N3O2/c1-15(33-24-9-7-19(26)12-30-24)20-13-31(25(32)17-4-2-16(11-29)3-5-17)14-21(20)18-6-8-22(27)23(28)10-18/h2-10,12,15,20-21H,13-14H2,1H3/t15-,20+,21+/m1/s1. The SMILES string of the molecule is C[C@@H](Oc1ccc(Cl)cn1)[C@@H]1CN(C(=O)c2ccc(C#N)cc2)C[C@H]1c1ccc(Cl)c(Cl)c1. The van der Waals surface area contributed by atoms with Crippen molar-refractivity contribution in [3.63, 3.8) is 0 Å². The fourth-order valence-electron chi connectivity index (χ4n) is 4.15. The second-order valence-electron chi connectivity index (χ2n) is 7.98. The van der Waals surface area contributed by atoms with E-state index in [9.17, 15) is 4.79 Å². The smallest absolute Gasteiger partial charge is 0.253 e. The summed E-state index contributed by atoms with van der Waals surface area (Å²) in [6.07, 6.45) is 1.30. The first-order valence-electron chi connectivity index (χ1n) is 10.4. The summed E-state index contributed by atoms with van der Waals surface area (Å²) in [5.41, 5.74) is 2.04. The van der Waals surface area contributed by atoms with Crippen molar-refractivity contribution in [3.8, 4) is 11.9 Å². The number of aromatic nitrogens is 1. The Labute approximate surface area is 207 Å². The lowest BCUT2D eigenvalue weighted by Crippen LogP contribution is -2.32. The van der Waals surface area contributed by atoms with Gasteiger partial charge in [-0.3, -0.25) is 4.79 Å². The van der Waals surface area contributed by atoms with Crippen molar-refractivity contribution in [2.24, 2.45) is 5.92 Å². The van der Waals surface area contributed by atoms with Crippen molar-refractivity contribution in [2.45, 2.75) is 18.9 Å². The number of nitriles is 1. The lowest BCUT2D eigenvalue weighted by molar-refractivity contribution is 0.0769. The molecule has 1 aliphatic heterocycles. The minimum Gasteiger partial charge on any atom is -0.474 e. The molecule has 0 bridgehead atoms. The van der Waals surface area contributed by atoms with Gasteiger partial charge in [0.2, 0.25) is 5.88 Å². The molecule has 0 N–H and O–H groups in total. The highest BCUT2D eigenvalue weighted by molar-refractivity contribution is 6.42. The zero-order valence-electron chi connectivity index (χ0n) is 17.7. The van der Waals surface area contributed by atoms with Crippen molar-refractivity contribution in [2.75, 3.05) is 13.1 Å². The molecule has 1 aromatic heterocycles. The maximum atomic E-state index is 13.2. The molecule has 2 aromatic carbocycles. The Kier molecular flexibility index (Phi) is 7.09. The number of pyridine rings is 1. The van der Waals surface area contributed by atoms with Gasteiger partial charge in [0.1, 0.15) is 6.10 Å². The lowest BCUT2D eigenvalue weighted by Gasteiger charge is -2.25. The van der Waals surface area contributed by atoms with Crippen LogP contribution in [0.15, 0.2) is 60.8 Å². The first kappa shape index (κ1) is 23.4. The van der Waals surface area contributed by atoms with E-state index in [1.165, 1.54) is 6.20 Å². The molecular formula is C25H20Cl3N3O2. The first-order valence-corrected chi connectivity index (χ1v) is 11.5. The summed E-state index contributed by atoms with van der Waals surface area (Å²) >= 11 is 18.4. The molecule has 0 spiro atoms. The van der Waals surface area contributed by atoms with E-state index in [1.54, 1.807) is 42.5 Å². The van der Waals surface area contributed by atoms with E-state index in [4.69, 9.17) is 44.8 Å². The van der Waals surface area contributed by atoms with E-state index < -0.39 is 0 Å². The van der Waals surface area contributed by atoms with E-state index in [2.05, 4.69) is 11.1 Å². The zero-order valence-corrected chi connectivity index (χ0v) is 20.0. The predicted molar refractivity (Wildman–Crippen MR) is 129 cm³/mol. The zero-order chi connectivity index (χ0) is 23.5. The molecular weight excluding hydrogens is 481 g/mol. The molecule has 1 saturated heterocycles. The van der Waals surface area contributed by atoms with E-state index in [-0.39, 0.29) is 23.8 Å². The largest absolute Gasteiger partial charge is 0.474 e. The van der Waals surface area contributed by atoms with Gasteiger partial charge in [0.15, 0.2) is 0 Å². The fraction of sp³-hybridized carbons (Fsp3) is 0.240. The van der Waals surface area contributed by atoms with Gasteiger partial charge >= 0.3 is 0 Å². The Morgan fingerprint density at radius 2 is 1.85 bits per heavy atom. The van der Waals surface area contributed by atoms with Gasteiger partial charge < -0.3 is 9.64 Å². The Hall–Kier alpha value is -2.78. The highest BCUT2D eigenvalue weighted by Gasteiger charge is 2.40. The van der Waals surface area contributed by atoms with Crippen LogP contribution in [0, 0.1) is 17.2 Å². The van der Waals surface area contributed by atoms with Gasteiger partial charge in [0, 0.05) is 42.8 Å². The number of carbonyl (C=O) groups excluding carboxylic acids is 1. The summed E-state index contributed by atoms with van der Waals surface area (Å²) in [4.78, 5) is 19.3. The molecule has 8 heteroatoms. The van der Waals surface area contributed by atoms with Crippen molar-refractivity contribution < 1.29 is 9.53 Å². The number of likely N-dealkylation sites (tertiary alicyclic amines) is 1. The second kappa shape index (κ2) is 10.0. The molecule has 1 amide bonds. The summed E-state index contributed by atoms with van der Waals surface area (Å²) in [6, 6.07) is 17.7. The number of carbonyl (C=O) groups is 1. The normalized spacial score (nSPS) is 18.6. The number of hydrogen-bond acceptors (Lipinski definition) is 4. The topological polar surface area (TPSA) is 66.2 Å². The van der Waals surface area contributed by atoms with Crippen LogP contribution in [0.3, 0.4) is 0 Å². The van der Waals surface area contributed by atoms with Crippen molar-refractivity contribution >= 4 is 40.7 Å². The van der Waals surface area contributed by atoms with Crippen LogP contribution in [0.5, 0.6) is 5.88 Å². The summed E-state index contributed by atoms with van der Waals surface area (Å²) < 4.78 is 6.12. The van der Waals surface area contributed by atoms with E-state index >= 15 is 0 Å². The number of rotatable bonds is 5. The van der Waals surface area contributed by atoms with Crippen LogP contribution in [0.4, 0.5) is 0 Å². The fourth-order valence-corrected chi connectivity index (χ4v) is 4.56. The third-order valence-corrected chi connectivity index (χ3v) is 6.86. The van der Waals surface area contributed by atoms with Gasteiger partial charge in [-0.15, -0.1) is 0 Å². The molecule has 0 saturated carbocycles. The van der Waals surface area contributed by atoms with Crippen LogP contribution < -0.4 is 4.74 Å². The summed E-state index contributed by atoms with van der Waals surface area (Å²) in [5.74, 6) is 0.354. The van der Waals surface area contributed by atoms with E-state index in [0.29, 0.717) is 45.2 Å². The Bertz CT molecular complexity index is 1190. The molecule has 0 unspecified atom stereocenters. The van der Waals surface area contributed by atoms with Gasteiger partial charge in [-0.1, -0.05) is 40.9 Å². The minimum atomic E-state index is -0.239. The molecule has 3 aromatic rings. The molecule has 2 heterocycles. The minimum absolute atomic E-state index is 0.00982. The van der Waals surface area contributed by atoms with Crippen LogP contribution in [0.2, 0.25) is 15.1 Å². The number of nitrogens with zero attached hydrogens (tertiary/aromatic N) is 3. The van der Waals surface area contributed by atoms with Gasteiger partial charge in [-0.2, -0.15) is 5.26 Å². The van der Waals surface area contributed by atoms with Gasteiger partial charge in [-0.05, 0) is 55.0 Å². The lowest BCUT2D eigenvalue weighted by atomic mass is 9.86. The number of hydrogen-bond donors (Lipinski definition) is 0. The number of ether oxygens (including phenoxy) is 1. The molecule has 168 valence electrons. The molecule has 1 fully saturated rings. The molecule has 0 radical (unpaired) electrons. The van der Waals surface area contributed by atoms with Crippen molar-refractivity contribution in [3.05, 3.63) is 92.6 Å². The van der Waals surface area contributed by atoms with Crippen LogP contribution in [0.1, 0.15) is 34.3 Å². The Balaban J connectivity index is 1.60. The van der Waals surface area contributed by atoms with Crippen molar-refractivity contribution in [1.82, 2.24) is 9.88 Å². The highest BCUT2D eigenvalue weighted by Crippen LogP contribution is 2.38. The monoisotopic (exact) mass is 499 g/mol. The quantitative estimate of drug-likeness (QED) is 0.416. The van der Waals surface area contributed by atoms with Crippen LogP contribution in [0.25, 0.3) is 0 Å². The second-order valence-corrected chi connectivity index (χ2v) is 9.23. The predicted octanol–water partition coefficient (Wildman–Crippen LogP) is 6.24. The Morgan fingerprint density at radius 1 is 1.09 bits per heavy atom. The number of amides is 1. The molecule has 4 rings (SSSR count). The van der Waals surface area contributed by atoms with Crippen LogP contribution in [-0.4, -0.2) is 35.0 Å². The summed E-state index contributed by atoms with van der Waals surface area (Å²) in [7, 11) is 0. The molecule has 1 aliphatic rings. The third kappa shape index (κ3) is 5.25. The van der Waals surface area contributed by atoms with Crippen LogP contribution in [-0.2, 0) is 0 Å². The molecule has 33 heavy (non-hydrogen) atoms. The molecule has 0 aliphatic carbocycles. The van der Waals surface area contributed by atoms with Gasteiger partial charge in [0.25, 0.3) is 5.91 Å². The third-order valence-electron chi connectivity index (χ3n) is 5.89.